The minimum Gasteiger partial charge on any atom is -0.481 e. The monoisotopic (exact) mass is 345 g/mol. The summed E-state index contributed by atoms with van der Waals surface area (Å²) in [6.07, 6.45) is 4.83. The van der Waals surface area contributed by atoms with Crippen LogP contribution in [-0.2, 0) is 11.2 Å². The van der Waals surface area contributed by atoms with Crippen LogP contribution in [0.25, 0.3) is 5.82 Å². The molecular formula is C17H23N5O3. The number of aliphatic carboxylic acids is 1. The van der Waals surface area contributed by atoms with E-state index in [2.05, 4.69) is 15.4 Å². The Hall–Kier alpha value is -2.90. The van der Waals surface area contributed by atoms with Crippen molar-refractivity contribution < 1.29 is 14.7 Å². The van der Waals surface area contributed by atoms with Gasteiger partial charge in [-0.25, -0.2) is 14.5 Å². The van der Waals surface area contributed by atoms with Crippen molar-refractivity contribution in [2.45, 2.75) is 33.1 Å². The lowest BCUT2D eigenvalue weighted by atomic mass is 10.2. The summed E-state index contributed by atoms with van der Waals surface area (Å²) in [5, 5.41) is 15.9. The van der Waals surface area contributed by atoms with Crippen molar-refractivity contribution in [2.75, 3.05) is 18.9 Å². The number of carbonyl (C=O) groups excluding carboxylic acids is 1. The summed E-state index contributed by atoms with van der Waals surface area (Å²) >= 11 is 0. The number of pyridine rings is 1. The number of nitrogens with zero attached hydrogens (tertiary/aromatic N) is 4. The van der Waals surface area contributed by atoms with Crippen molar-refractivity contribution in [1.29, 1.82) is 0 Å². The molecule has 0 fully saturated rings. The number of hydrogen-bond acceptors (Lipinski definition) is 4. The molecule has 0 spiro atoms. The molecule has 0 saturated heterocycles. The molecule has 0 atom stereocenters. The number of rotatable bonds is 7. The Morgan fingerprint density at radius 1 is 1.40 bits per heavy atom. The maximum absolute atomic E-state index is 12.3. The van der Waals surface area contributed by atoms with Crippen LogP contribution in [0.15, 0.2) is 24.5 Å². The van der Waals surface area contributed by atoms with E-state index in [-0.39, 0.29) is 19.0 Å². The zero-order chi connectivity index (χ0) is 18.4. The van der Waals surface area contributed by atoms with Gasteiger partial charge in [0.15, 0.2) is 5.82 Å². The molecule has 2 heterocycles. The first kappa shape index (κ1) is 18.4. The van der Waals surface area contributed by atoms with Crippen LogP contribution >= 0.6 is 0 Å². The molecule has 134 valence electrons. The van der Waals surface area contributed by atoms with Crippen molar-refractivity contribution in [3.05, 3.63) is 35.8 Å². The molecule has 0 aromatic carbocycles. The van der Waals surface area contributed by atoms with E-state index in [1.807, 2.05) is 26.0 Å². The number of carbonyl (C=O) groups is 2. The number of carboxylic acids is 1. The average molecular weight is 345 g/mol. The summed E-state index contributed by atoms with van der Waals surface area (Å²) in [6.45, 7) is 4.16. The minimum absolute atomic E-state index is 0.0990. The van der Waals surface area contributed by atoms with E-state index in [9.17, 15) is 9.59 Å². The fourth-order valence-corrected chi connectivity index (χ4v) is 2.36. The standard InChI is InChI=1S/C17H23N5O3/c1-4-5-14-13(20-17(25)21(3)9-7-16(23)24)11-19-22(14)15-10-12(2)6-8-18-15/h6,8,10-11H,4-5,7,9H2,1-3H3,(H,20,25)(H,23,24). The molecule has 0 radical (unpaired) electrons. The lowest BCUT2D eigenvalue weighted by Gasteiger charge is -2.17. The number of hydrogen-bond donors (Lipinski definition) is 2. The van der Waals surface area contributed by atoms with Gasteiger partial charge in [-0.05, 0) is 31.0 Å². The highest BCUT2D eigenvalue weighted by Gasteiger charge is 2.17. The molecule has 0 saturated carbocycles. The molecule has 0 bridgehead atoms. The lowest BCUT2D eigenvalue weighted by molar-refractivity contribution is -0.137. The van der Waals surface area contributed by atoms with Gasteiger partial charge >= 0.3 is 12.0 Å². The van der Waals surface area contributed by atoms with Crippen molar-refractivity contribution >= 4 is 17.7 Å². The second-order valence-corrected chi connectivity index (χ2v) is 5.85. The molecule has 2 rings (SSSR count). The largest absolute Gasteiger partial charge is 0.481 e. The molecule has 2 N–H and O–H groups in total. The highest BCUT2D eigenvalue weighted by molar-refractivity contribution is 5.90. The summed E-state index contributed by atoms with van der Waals surface area (Å²) in [7, 11) is 1.56. The number of nitrogens with one attached hydrogen (secondary N) is 1. The maximum atomic E-state index is 12.3. The Balaban J connectivity index is 2.21. The third-order valence-electron chi connectivity index (χ3n) is 3.72. The van der Waals surface area contributed by atoms with E-state index < -0.39 is 5.97 Å². The topological polar surface area (TPSA) is 100 Å². The summed E-state index contributed by atoms with van der Waals surface area (Å²) in [5.41, 5.74) is 2.54. The van der Waals surface area contributed by atoms with E-state index in [4.69, 9.17) is 5.11 Å². The second-order valence-electron chi connectivity index (χ2n) is 5.85. The molecular weight excluding hydrogens is 322 g/mol. The molecule has 8 heteroatoms. The predicted molar refractivity (Wildman–Crippen MR) is 94.0 cm³/mol. The molecule has 25 heavy (non-hydrogen) atoms. The first-order valence-corrected chi connectivity index (χ1v) is 8.16. The van der Waals surface area contributed by atoms with Crippen molar-refractivity contribution in [1.82, 2.24) is 19.7 Å². The Morgan fingerprint density at radius 2 is 2.16 bits per heavy atom. The van der Waals surface area contributed by atoms with Crippen LogP contribution < -0.4 is 5.32 Å². The number of amides is 2. The Morgan fingerprint density at radius 3 is 2.80 bits per heavy atom. The quantitative estimate of drug-likeness (QED) is 0.803. The average Bonchev–Trinajstić information content (AvgIpc) is 2.95. The fourth-order valence-electron chi connectivity index (χ4n) is 2.36. The first-order chi connectivity index (χ1) is 11.9. The highest BCUT2D eigenvalue weighted by atomic mass is 16.4. The molecule has 2 aromatic rings. The van der Waals surface area contributed by atoms with Gasteiger partial charge in [0, 0.05) is 19.8 Å². The number of aromatic nitrogens is 3. The van der Waals surface area contributed by atoms with E-state index in [0.29, 0.717) is 11.5 Å². The smallest absolute Gasteiger partial charge is 0.321 e. The summed E-state index contributed by atoms with van der Waals surface area (Å²) in [5.74, 6) is -0.243. The van der Waals surface area contributed by atoms with Gasteiger partial charge in [0.05, 0.1) is 24.0 Å². The van der Waals surface area contributed by atoms with E-state index in [1.54, 1.807) is 24.1 Å². The van der Waals surface area contributed by atoms with Crippen molar-refractivity contribution in [3.63, 3.8) is 0 Å². The molecule has 0 aliphatic rings. The number of urea groups is 1. The molecule has 2 amide bonds. The van der Waals surface area contributed by atoms with Gasteiger partial charge < -0.3 is 15.3 Å². The second kappa shape index (κ2) is 8.27. The van der Waals surface area contributed by atoms with Gasteiger partial charge in [-0.3, -0.25) is 4.79 Å². The summed E-state index contributed by atoms with van der Waals surface area (Å²) in [6, 6.07) is 3.47. The number of aryl methyl sites for hydroxylation is 1. The van der Waals surface area contributed by atoms with Gasteiger partial charge in [-0.15, -0.1) is 0 Å². The van der Waals surface area contributed by atoms with Crippen LogP contribution in [0.5, 0.6) is 0 Å². The van der Waals surface area contributed by atoms with Crippen LogP contribution in [-0.4, -0.2) is 50.4 Å². The lowest BCUT2D eigenvalue weighted by Crippen LogP contribution is -2.33. The van der Waals surface area contributed by atoms with Gasteiger partial charge in [0.2, 0.25) is 0 Å². The van der Waals surface area contributed by atoms with E-state index in [0.717, 1.165) is 24.1 Å². The van der Waals surface area contributed by atoms with E-state index in [1.165, 1.54) is 4.90 Å². The van der Waals surface area contributed by atoms with Crippen LogP contribution in [0.3, 0.4) is 0 Å². The highest BCUT2D eigenvalue weighted by Crippen LogP contribution is 2.21. The molecule has 0 unspecified atom stereocenters. The predicted octanol–water partition coefficient (Wildman–Crippen LogP) is 2.47. The van der Waals surface area contributed by atoms with Crippen LogP contribution in [0.2, 0.25) is 0 Å². The molecule has 2 aromatic heterocycles. The SMILES string of the molecule is CCCc1c(NC(=O)N(C)CCC(=O)O)cnn1-c1cc(C)ccn1. The molecule has 8 nitrogen and oxygen atoms in total. The van der Waals surface area contributed by atoms with Gasteiger partial charge in [-0.2, -0.15) is 5.10 Å². The van der Waals surface area contributed by atoms with Gasteiger partial charge in [0.1, 0.15) is 0 Å². The summed E-state index contributed by atoms with van der Waals surface area (Å²) in [4.78, 5) is 28.6. The van der Waals surface area contributed by atoms with Crippen molar-refractivity contribution in [3.8, 4) is 5.82 Å². The third kappa shape index (κ3) is 4.79. The third-order valence-corrected chi connectivity index (χ3v) is 3.72. The van der Waals surface area contributed by atoms with Gasteiger partial charge in [-0.1, -0.05) is 13.3 Å². The minimum atomic E-state index is -0.940. The zero-order valence-electron chi connectivity index (χ0n) is 14.7. The Bertz CT molecular complexity index is 756. The Kier molecular flexibility index (Phi) is 6.10. The molecule has 0 aliphatic carbocycles. The van der Waals surface area contributed by atoms with Gasteiger partial charge in [0.25, 0.3) is 0 Å². The van der Waals surface area contributed by atoms with E-state index >= 15 is 0 Å². The Labute approximate surface area is 146 Å². The fraction of sp³-hybridized carbons (Fsp3) is 0.412. The number of anilines is 1. The van der Waals surface area contributed by atoms with Crippen molar-refractivity contribution in [2.24, 2.45) is 0 Å². The normalized spacial score (nSPS) is 10.5. The van der Waals surface area contributed by atoms with Crippen LogP contribution in [0.1, 0.15) is 31.0 Å². The maximum Gasteiger partial charge on any atom is 0.321 e. The first-order valence-electron chi connectivity index (χ1n) is 8.16. The zero-order valence-corrected chi connectivity index (χ0v) is 14.7. The van der Waals surface area contributed by atoms with Crippen LogP contribution in [0.4, 0.5) is 10.5 Å². The summed E-state index contributed by atoms with van der Waals surface area (Å²) < 4.78 is 1.73. The molecule has 0 aliphatic heterocycles. The van der Waals surface area contributed by atoms with Crippen LogP contribution in [0, 0.1) is 6.92 Å². The number of carboxylic acid groups (broad SMARTS) is 1.